The van der Waals surface area contributed by atoms with Gasteiger partial charge in [-0.1, -0.05) is 0 Å². The lowest BCUT2D eigenvalue weighted by Gasteiger charge is -2.09. The van der Waals surface area contributed by atoms with Gasteiger partial charge >= 0.3 is 0 Å². The van der Waals surface area contributed by atoms with Gasteiger partial charge in [-0.15, -0.1) is 0 Å². The molecular formula is C13H12N4O2S. The number of fused-ring (bicyclic) bond motifs is 1. The second kappa shape index (κ2) is 5.10. The summed E-state index contributed by atoms with van der Waals surface area (Å²) in [5, 5.41) is 7.60. The minimum absolute atomic E-state index is 0.623. The zero-order chi connectivity index (χ0) is 14.1. The molecule has 1 aromatic carbocycles. The standard InChI is InChI=1S/C13H12N4O2S/c1-19-12-5-8(20(2)18)3-4-9(12)13-16-10-6-14-15-7-11(10)17-13/h3-7H,1-2H3,(H,16,17). The summed E-state index contributed by atoms with van der Waals surface area (Å²) >= 11 is -1.05. The van der Waals surface area contributed by atoms with Crippen molar-refractivity contribution in [3.63, 3.8) is 0 Å². The first-order valence-electron chi connectivity index (χ1n) is 5.87. The van der Waals surface area contributed by atoms with Gasteiger partial charge in [0.25, 0.3) is 0 Å². The van der Waals surface area contributed by atoms with E-state index in [1.807, 2.05) is 6.07 Å². The van der Waals surface area contributed by atoms with E-state index in [-0.39, 0.29) is 0 Å². The fourth-order valence-corrected chi connectivity index (χ4v) is 2.48. The average molecular weight is 288 g/mol. The molecule has 0 amide bonds. The Bertz CT molecular complexity index is 724. The van der Waals surface area contributed by atoms with Crippen molar-refractivity contribution in [3.05, 3.63) is 30.6 Å². The summed E-state index contributed by atoms with van der Waals surface area (Å²) in [6, 6.07) is 5.40. The lowest BCUT2D eigenvalue weighted by molar-refractivity contribution is 0.415. The van der Waals surface area contributed by atoms with Crippen LogP contribution in [0.5, 0.6) is 5.75 Å². The molecule has 0 radical (unpaired) electrons. The maximum Gasteiger partial charge on any atom is 0.156 e. The fraction of sp³-hybridized carbons (Fsp3) is 0.154. The van der Waals surface area contributed by atoms with Crippen LogP contribution in [0.2, 0.25) is 0 Å². The monoisotopic (exact) mass is 288 g/mol. The van der Waals surface area contributed by atoms with Crippen LogP contribution >= 0.6 is 0 Å². The van der Waals surface area contributed by atoms with Gasteiger partial charge in [0.15, 0.2) is 4.90 Å². The van der Waals surface area contributed by atoms with Crippen molar-refractivity contribution in [2.45, 2.75) is 4.90 Å². The molecule has 0 saturated carbocycles. The molecule has 0 bridgehead atoms. The van der Waals surface area contributed by atoms with Gasteiger partial charge in [-0.3, -0.25) is 0 Å². The number of hydrogen-bond acceptors (Lipinski definition) is 5. The van der Waals surface area contributed by atoms with Crippen molar-refractivity contribution in [1.82, 2.24) is 20.2 Å². The van der Waals surface area contributed by atoms with Crippen LogP contribution < -0.4 is 4.74 Å². The normalized spacial score (nSPS) is 12.6. The van der Waals surface area contributed by atoms with E-state index in [4.69, 9.17) is 4.74 Å². The summed E-state index contributed by atoms with van der Waals surface area (Å²) in [6.07, 6.45) is 4.85. The third-order valence-electron chi connectivity index (χ3n) is 2.95. The van der Waals surface area contributed by atoms with Crippen molar-refractivity contribution >= 4 is 22.2 Å². The molecule has 0 fully saturated rings. The van der Waals surface area contributed by atoms with Crippen molar-refractivity contribution in [2.75, 3.05) is 13.4 Å². The molecule has 102 valence electrons. The van der Waals surface area contributed by atoms with E-state index in [1.54, 1.807) is 37.9 Å². The Morgan fingerprint density at radius 3 is 2.75 bits per heavy atom. The summed E-state index contributed by atoms with van der Waals surface area (Å²) in [7, 11) is 1.58. The Morgan fingerprint density at radius 2 is 2.05 bits per heavy atom. The second-order valence-corrected chi connectivity index (χ2v) is 5.57. The number of benzene rings is 1. The van der Waals surface area contributed by atoms with Crippen LogP contribution in [0.15, 0.2) is 35.5 Å². The smallest absolute Gasteiger partial charge is 0.156 e. The molecular weight excluding hydrogens is 276 g/mol. The van der Waals surface area contributed by atoms with E-state index in [1.165, 1.54) is 0 Å². The maximum absolute atomic E-state index is 11.5. The van der Waals surface area contributed by atoms with Gasteiger partial charge in [0.2, 0.25) is 0 Å². The van der Waals surface area contributed by atoms with E-state index < -0.39 is 11.2 Å². The van der Waals surface area contributed by atoms with Gasteiger partial charge < -0.3 is 14.3 Å². The Labute approximate surface area is 118 Å². The number of ether oxygens (including phenoxy) is 1. The van der Waals surface area contributed by atoms with Crippen LogP contribution in [0, 0.1) is 0 Å². The number of nitrogens with zero attached hydrogens (tertiary/aromatic N) is 3. The van der Waals surface area contributed by atoms with E-state index >= 15 is 0 Å². The predicted octanol–water partition coefficient (Wildman–Crippen LogP) is 1.77. The van der Waals surface area contributed by atoms with Crippen molar-refractivity contribution in [2.24, 2.45) is 0 Å². The molecule has 1 atom stereocenters. The van der Waals surface area contributed by atoms with Gasteiger partial charge in [0, 0.05) is 6.07 Å². The van der Waals surface area contributed by atoms with Crippen LogP contribution in [0.1, 0.15) is 0 Å². The highest BCUT2D eigenvalue weighted by molar-refractivity contribution is 7.90. The molecule has 0 aliphatic heterocycles. The van der Waals surface area contributed by atoms with Crippen LogP contribution in [0.25, 0.3) is 22.4 Å². The van der Waals surface area contributed by atoms with Gasteiger partial charge in [-0.25, -0.2) is 4.98 Å². The summed E-state index contributed by atoms with van der Waals surface area (Å²) in [6.45, 7) is 0. The molecule has 0 aliphatic rings. The van der Waals surface area contributed by atoms with E-state index in [0.717, 1.165) is 16.6 Å². The highest BCUT2D eigenvalue weighted by atomic mass is 32.2. The molecule has 2 aromatic heterocycles. The Balaban J connectivity index is 2.13. The van der Waals surface area contributed by atoms with Gasteiger partial charge in [-0.2, -0.15) is 10.2 Å². The third kappa shape index (κ3) is 2.21. The number of aromatic amines is 1. The lowest BCUT2D eigenvalue weighted by Crippen LogP contribution is -1.99. The van der Waals surface area contributed by atoms with Crippen LogP contribution in [-0.4, -0.2) is 38.1 Å². The SMILES string of the molecule is COc1cc([S+](C)[O-])ccc1-c1nc2cnncc2[nH]1. The lowest BCUT2D eigenvalue weighted by atomic mass is 10.2. The Hall–Kier alpha value is -2.12. The number of imidazole rings is 1. The quantitative estimate of drug-likeness (QED) is 0.742. The number of aromatic nitrogens is 4. The third-order valence-corrected chi connectivity index (χ3v) is 3.87. The number of rotatable bonds is 3. The van der Waals surface area contributed by atoms with Crippen molar-refractivity contribution < 1.29 is 9.29 Å². The van der Waals surface area contributed by atoms with Crippen LogP contribution in [0.4, 0.5) is 0 Å². The molecule has 1 N–H and O–H groups in total. The predicted molar refractivity (Wildman–Crippen MR) is 76.0 cm³/mol. The van der Waals surface area contributed by atoms with E-state index in [9.17, 15) is 4.55 Å². The molecule has 3 rings (SSSR count). The largest absolute Gasteiger partial charge is 0.612 e. The van der Waals surface area contributed by atoms with Crippen LogP contribution in [-0.2, 0) is 11.2 Å². The molecule has 0 spiro atoms. The topological polar surface area (TPSA) is 86.8 Å². The molecule has 20 heavy (non-hydrogen) atoms. The second-order valence-electron chi connectivity index (χ2n) is 4.19. The minimum Gasteiger partial charge on any atom is -0.612 e. The number of nitrogens with one attached hydrogen (secondary N) is 1. The Kier molecular flexibility index (Phi) is 3.29. The van der Waals surface area contributed by atoms with E-state index in [2.05, 4.69) is 20.2 Å². The van der Waals surface area contributed by atoms with Crippen molar-refractivity contribution in [3.8, 4) is 17.1 Å². The summed E-state index contributed by atoms with van der Waals surface area (Å²) in [5.74, 6) is 1.29. The number of methoxy groups -OCH3 is 1. The molecule has 0 aliphatic carbocycles. The van der Waals surface area contributed by atoms with E-state index in [0.29, 0.717) is 16.5 Å². The molecule has 3 aromatic rings. The van der Waals surface area contributed by atoms with Gasteiger partial charge in [0.1, 0.15) is 23.3 Å². The number of H-pyrrole nitrogens is 1. The Morgan fingerprint density at radius 1 is 1.25 bits per heavy atom. The summed E-state index contributed by atoms with van der Waals surface area (Å²) in [4.78, 5) is 8.33. The first-order chi connectivity index (χ1) is 9.69. The summed E-state index contributed by atoms with van der Waals surface area (Å²) in [5.41, 5.74) is 2.35. The maximum atomic E-state index is 11.5. The minimum atomic E-state index is -1.05. The highest BCUT2D eigenvalue weighted by Crippen LogP contribution is 2.31. The van der Waals surface area contributed by atoms with Crippen molar-refractivity contribution in [1.29, 1.82) is 0 Å². The van der Waals surface area contributed by atoms with Gasteiger partial charge in [-0.05, 0) is 23.3 Å². The fourth-order valence-electron chi connectivity index (χ4n) is 1.95. The molecule has 2 heterocycles. The summed E-state index contributed by atoms with van der Waals surface area (Å²) < 4.78 is 16.9. The zero-order valence-corrected chi connectivity index (χ0v) is 11.8. The number of hydrogen-bond donors (Lipinski definition) is 1. The molecule has 7 heteroatoms. The first-order valence-corrected chi connectivity index (χ1v) is 7.43. The average Bonchev–Trinajstić information content (AvgIpc) is 2.90. The first kappa shape index (κ1) is 12.9. The molecule has 1 unspecified atom stereocenters. The molecule has 0 saturated heterocycles. The van der Waals surface area contributed by atoms with Crippen LogP contribution in [0.3, 0.4) is 0 Å². The molecule has 6 nitrogen and oxygen atoms in total. The highest BCUT2D eigenvalue weighted by Gasteiger charge is 2.14. The van der Waals surface area contributed by atoms with Gasteiger partial charge in [0.05, 0.1) is 30.6 Å². The zero-order valence-electron chi connectivity index (χ0n) is 11.0.